The van der Waals surface area contributed by atoms with Crippen molar-refractivity contribution in [3.05, 3.63) is 12.7 Å². The Labute approximate surface area is 539 Å². The highest BCUT2D eigenvalue weighted by atomic mass is 19.1. The Morgan fingerprint density at radius 2 is 0.551 bits per heavy atom. The first-order chi connectivity index (χ1) is 39.9. The van der Waals surface area contributed by atoms with Crippen LogP contribution in [0.15, 0.2) is 12.7 Å². The first kappa shape index (κ1) is 98.7. The molecule has 6 aliphatic rings. The van der Waals surface area contributed by atoms with Crippen LogP contribution in [-0.2, 0) is 109 Å². The molecule has 0 aromatic rings. The van der Waals surface area contributed by atoms with Gasteiger partial charge in [0, 0.05) is 106 Å². The Morgan fingerprint density at radius 3 is 0.798 bits per heavy atom. The third-order valence-electron chi connectivity index (χ3n) is 14.5. The minimum absolute atomic E-state index is 0. The summed E-state index contributed by atoms with van der Waals surface area (Å²) in [6.07, 6.45) is -3.15. The minimum atomic E-state index is -1.05. The standard InChI is InChI=1S/C11H22O5.C11H20O4.C10H21NO4.C9H18O4.2C8H15FO3.6CH4/c1-8-10(15-6-5-12-2)11(14-4)9(16-8)7-13-3;1-5-6-14-10-8(2)15-9(7-12-3)11(10)13-4;1-7-9(14-5-4-11)10(13-3)8(15-7)6-12-2;1-6-8(11-3)9(12-4)7(13-6)5-10-2;2*1-5-7(9)8(11-3)6(12-5)4-10-2;;;;;;/h8-11H,5-7H2,1-4H3;5,8-11H,1,6-7H2,2-4H3;7-10H,4-6,11H2,1-3H3;6-9H,5H2,1-4H3;2*5-8H,4H2,1-3H3;6*1H4/t2*8-,9+,10+,11?;7-,8+,9+,10?;6-,7+,8+,9?;5-,6+,7+,8?;5-,6+,7-,8?;;;;;;/m000000....../s1. The van der Waals surface area contributed by atoms with Crippen LogP contribution >= 0.6 is 0 Å². The van der Waals surface area contributed by atoms with E-state index < -0.39 is 36.8 Å². The van der Waals surface area contributed by atoms with Gasteiger partial charge in [-0.2, -0.15) is 0 Å². The number of hydrogen-bond acceptors (Lipinski definition) is 24. The number of ether oxygens (including phenoxy) is 23. The molecule has 6 fully saturated rings. The molecular formula is C63H135F2NO23. The third-order valence-corrected chi connectivity index (χ3v) is 14.5. The van der Waals surface area contributed by atoms with Crippen molar-refractivity contribution in [1.82, 2.24) is 0 Å². The van der Waals surface area contributed by atoms with Gasteiger partial charge in [0.2, 0.25) is 0 Å². The average molecular weight is 1310 g/mol. The summed E-state index contributed by atoms with van der Waals surface area (Å²) in [5, 5.41) is 0. The van der Waals surface area contributed by atoms with E-state index in [1.807, 2.05) is 27.7 Å². The lowest BCUT2D eigenvalue weighted by atomic mass is 10.1. The van der Waals surface area contributed by atoms with E-state index in [0.29, 0.717) is 72.6 Å². The lowest BCUT2D eigenvalue weighted by Gasteiger charge is -2.22. The summed E-state index contributed by atoms with van der Waals surface area (Å²) in [5.74, 6) is 0. The molecule has 0 aliphatic carbocycles. The largest absolute Gasteiger partial charge is 0.382 e. The second-order valence-corrected chi connectivity index (χ2v) is 20.3. The zero-order valence-electron chi connectivity index (χ0n) is 53.6. The van der Waals surface area contributed by atoms with Crippen molar-refractivity contribution in [2.75, 3.05) is 172 Å². The normalized spacial score (nSPS) is 35.4. The van der Waals surface area contributed by atoms with E-state index in [9.17, 15) is 8.78 Å². The summed E-state index contributed by atoms with van der Waals surface area (Å²) < 4.78 is 149. The van der Waals surface area contributed by atoms with Gasteiger partial charge in [0.05, 0.1) is 103 Å². The quantitative estimate of drug-likeness (QED) is 0.0582. The van der Waals surface area contributed by atoms with Gasteiger partial charge in [-0.3, -0.25) is 0 Å². The van der Waals surface area contributed by atoms with Crippen molar-refractivity contribution in [2.24, 2.45) is 5.73 Å². The molecule has 2 N–H and O–H groups in total. The third kappa shape index (κ3) is 31.8. The van der Waals surface area contributed by atoms with E-state index in [1.165, 1.54) is 14.2 Å². The molecule has 0 aromatic heterocycles. The molecule has 0 spiro atoms. The van der Waals surface area contributed by atoms with Gasteiger partial charge in [0.25, 0.3) is 0 Å². The van der Waals surface area contributed by atoms with Crippen LogP contribution in [0.2, 0.25) is 0 Å². The average Bonchev–Trinajstić information content (AvgIpc) is 3.31. The number of rotatable bonds is 29. The monoisotopic (exact) mass is 1310 g/mol. The maximum atomic E-state index is 13.2. The molecule has 24 atom stereocenters. The Bertz CT molecular complexity index is 1540. The van der Waals surface area contributed by atoms with Gasteiger partial charge in [-0.1, -0.05) is 50.6 Å². The van der Waals surface area contributed by atoms with Crippen molar-refractivity contribution in [3.63, 3.8) is 0 Å². The van der Waals surface area contributed by atoms with Crippen LogP contribution in [0.4, 0.5) is 8.78 Å². The maximum Gasteiger partial charge on any atom is 0.154 e. The van der Waals surface area contributed by atoms with Crippen molar-refractivity contribution >= 4 is 0 Å². The fourth-order valence-corrected chi connectivity index (χ4v) is 10.6. The molecular weight excluding hydrogens is 1180 g/mol. The molecule has 24 nitrogen and oxygen atoms in total. The van der Waals surface area contributed by atoms with Crippen LogP contribution in [0.3, 0.4) is 0 Å². The zero-order valence-corrected chi connectivity index (χ0v) is 53.6. The van der Waals surface area contributed by atoms with Gasteiger partial charge < -0.3 is 115 Å². The highest BCUT2D eigenvalue weighted by molar-refractivity contribution is 4.95. The molecule has 26 heteroatoms. The van der Waals surface area contributed by atoms with Crippen LogP contribution in [0.1, 0.15) is 86.1 Å². The van der Waals surface area contributed by atoms with Crippen LogP contribution in [-0.4, -0.2) is 319 Å². The van der Waals surface area contributed by atoms with E-state index in [2.05, 4.69) is 6.58 Å². The summed E-state index contributed by atoms with van der Waals surface area (Å²) in [5.41, 5.74) is 5.40. The van der Waals surface area contributed by atoms with Crippen molar-refractivity contribution in [2.45, 2.75) is 233 Å². The van der Waals surface area contributed by atoms with Crippen LogP contribution in [0.25, 0.3) is 0 Å². The first-order valence-corrected chi connectivity index (χ1v) is 28.4. The molecule has 0 bridgehead atoms. The minimum Gasteiger partial charge on any atom is -0.382 e. The lowest BCUT2D eigenvalue weighted by molar-refractivity contribution is -0.0644. The SMILES string of the molecule is C.C.C.C.C.C.C=CCO[C@H]1C(OC)[C@@H](COC)O[C@H]1C.COCCO[C@H]1C(OC)[C@@H](COC)O[C@H]1C.COC[C@H]1O[C@@H](C)[C@@H](F)C1OC.COC[C@H]1O[C@@H](C)[C@@H](OC)C1OC.COC[C@H]1O[C@@H](C)[C@@H](OCCN)C1OC.COC[C@H]1O[C@@H](C)[C@H](F)C1OC. The van der Waals surface area contributed by atoms with Gasteiger partial charge in [0.1, 0.15) is 97.7 Å². The van der Waals surface area contributed by atoms with Crippen molar-refractivity contribution in [3.8, 4) is 0 Å². The molecule has 6 saturated heterocycles. The maximum absolute atomic E-state index is 13.2. The van der Waals surface area contributed by atoms with Gasteiger partial charge >= 0.3 is 0 Å². The van der Waals surface area contributed by atoms with E-state index in [-0.39, 0.29) is 154 Å². The number of hydrogen-bond donors (Lipinski definition) is 1. The molecule has 0 amide bonds. The van der Waals surface area contributed by atoms with Crippen LogP contribution in [0.5, 0.6) is 0 Å². The highest BCUT2D eigenvalue weighted by Crippen LogP contribution is 2.31. The fourth-order valence-electron chi connectivity index (χ4n) is 10.6. The lowest BCUT2D eigenvalue weighted by Crippen LogP contribution is -2.38. The molecule has 0 radical (unpaired) electrons. The topological polar surface area (TPSA) is 238 Å². The predicted molar refractivity (Wildman–Crippen MR) is 343 cm³/mol. The first-order valence-electron chi connectivity index (χ1n) is 28.4. The van der Waals surface area contributed by atoms with Gasteiger partial charge in [0.15, 0.2) is 12.3 Å². The second kappa shape index (κ2) is 56.9. The molecule has 6 aliphatic heterocycles. The number of halogens is 2. The van der Waals surface area contributed by atoms with E-state index >= 15 is 0 Å². The molecule has 0 saturated carbocycles. The molecule has 89 heavy (non-hydrogen) atoms. The van der Waals surface area contributed by atoms with Crippen LogP contribution < -0.4 is 5.73 Å². The molecule has 6 rings (SSSR count). The molecule has 6 unspecified atom stereocenters. The van der Waals surface area contributed by atoms with Gasteiger partial charge in [-0.25, -0.2) is 8.78 Å². The predicted octanol–water partition coefficient (Wildman–Crippen LogP) is 7.07. The second-order valence-electron chi connectivity index (χ2n) is 20.3. The van der Waals surface area contributed by atoms with Crippen LogP contribution in [0, 0.1) is 0 Å². The zero-order chi connectivity index (χ0) is 62.6. The van der Waals surface area contributed by atoms with Crippen molar-refractivity contribution < 1.29 is 118 Å². The van der Waals surface area contributed by atoms with E-state index in [4.69, 9.17) is 115 Å². The summed E-state index contributed by atoms with van der Waals surface area (Å²) in [6, 6.07) is 0. The Kier molecular flexibility index (Phi) is 63.1. The number of alkyl halides is 2. The fraction of sp³-hybridized carbons (Fsp3) is 0.968. The number of nitrogens with two attached hydrogens (primary N) is 1. The molecule has 544 valence electrons. The Morgan fingerprint density at radius 1 is 0.315 bits per heavy atom. The van der Waals surface area contributed by atoms with E-state index in [0.717, 1.165) is 0 Å². The summed E-state index contributed by atoms with van der Waals surface area (Å²) in [4.78, 5) is 0. The Balaban J connectivity index is -0.000000230. The summed E-state index contributed by atoms with van der Waals surface area (Å²) in [6.45, 7) is 20.5. The number of methoxy groups -OCH3 is 14. The van der Waals surface area contributed by atoms with Gasteiger partial charge in [-0.05, 0) is 41.5 Å². The Hall–Kier alpha value is -1.36. The smallest absolute Gasteiger partial charge is 0.154 e. The van der Waals surface area contributed by atoms with Crippen molar-refractivity contribution in [1.29, 1.82) is 0 Å². The van der Waals surface area contributed by atoms with E-state index in [1.54, 1.807) is 105 Å². The summed E-state index contributed by atoms with van der Waals surface area (Å²) in [7, 11) is 22.7. The molecule has 0 aromatic carbocycles. The molecule has 6 heterocycles. The highest BCUT2D eigenvalue weighted by Gasteiger charge is 2.47. The summed E-state index contributed by atoms with van der Waals surface area (Å²) >= 11 is 0. The van der Waals surface area contributed by atoms with Gasteiger partial charge in [-0.15, -0.1) is 6.58 Å².